The zero-order valence-corrected chi connectivity index (χ0v) is 11.4. The third kappa shape index (κ3) is 4.16. The van der Waals surface area contributed by atoms with Gasteiger partial charge in [-0.25, -0.2) is 0 Å². The van der Waals surface area contributed by atoms with Crippen molar-refractivity contribution >= 4 is 22.6 Å². The fourth-order valence-electron chi connectivity index (χ4n) is 1.49. The minimum absolute atomic E-state index is 0.180. The van der Waals surface area contributed by atoms with E-state index in [1.807, 2.05) is 0 Å². The first kappa shape index (κ1) is 14.7. The van der Waals surface area contributed by atoms with E-state index in [1.54, 1.807) is 19.2 Å². The Morgan fingerprint density at radius 1 is 1.35 bits per heavy atom. The Hall–Kier alpha value is -1.70. The van der Waals surface area contributed by atoms with Crippen LogP contribution in [0.1, 0.15) is 5.56 Å². The molecule has 0 fully saturated rings. The first-order chi connectivity index (χ1) is 9.48. The second kappa shape index (κ2) is 6.17. The molecule has 1 heterocycles. The summed E-state index contributed by atoms with van der Waals surface area (Å²) >= 11 is 1.51. The quantitative estimate of drug-likeness (QED) is 0.934. The number of benzene rings is 1. The largest absolute Gasteiger partial charge is 0.484 e. The number of aliphatic imine (C=N–C) groups is 1. The molecule has 0 saturated carbocycles. The van der Waals surface area contributed by atoms with Crippen molar-refractivity contribution in [1.82, 2.24) is 5.43 Å². The van der Waals surface area contributed by atoms with Gasteiger partial charge in [0.1, 0.15) is 5.75 Å². The number of rotatable bonds is 3. The Morgan fingerprint density at radius 3 is 2.55 bits per heavy atom. The van der Waals surface area contributed by atoms with Gasteiger partial charge in [0.2, 0.25) is 0 Å². The van der Waals surface area contributed by atoms with Crippen LogP contribution in [0.15, 0.2) is 34.4 Å². The summed E-state index contributed by atoms with van der Waals surface area (Å²) in [6.07, 6.45) is -4.33. The fraction of sp³-hybridized carbons (Fsp3) is 0.333. The maximum absolute atomic E-state index is 12.0. The summed E-state index contributed by atoms with van der Waals surface area (Å²) in [5, 5.41) is 4.90. The number of alkyl halides is 3. The molecule has 0 amide bonds. The minimum Gasteiger partial charge on any atom is -0.484 e. The molecule has 1 N–H and O–H groups in total. The van der Waals surface area contributed by atoms with Gasteiger partial charge < -0.3 is 4.74 Å². The highest BCUT2D eigenvalue weighted by Crippen LogP contribution is 2.20. The van der Waals surface area contributed by atoms with Gasteiger partial charge in [0.25, 0.3) is 0 Å². The third-order valence-corrected chi connectivity index (χ3v) is 3.39. The molecule has 0 saturated heterocycles. The Bertz CT molecular complexity index is 526. The molecule has 0 aliphatic carbocycles. The van der Waals surface area contributed by atoms with E-state index in [4.69, 9.17) is 0 Å². The zero-order valence-electron chi connectivity index (χ0n) is 10.6. The monoisotopic (exact) mass is 303 g/mol. The van der Waals surface area contributed by atoms with Gasteiger partial charge in [-0.3, -0.25) is 10.4 Å². The average Bonchev–Trinajstić information content (AvgIpc) is 2.45. The van der Waals surface area contributed by atoms with Crippen LogP contribution in [-0.4, -0.2) is 36.5 Å². The van der Waals surface area contributed by atoms with Crippen LogP contribution in [0.5, 0.6) is 5.75 Å². The van der Waals surface area contributed by atoms with Crippen molar-refractivity contribution in [1.29, 1.82) is 0 Å². The number of hydrazone groups is 1. The van der Waals surface area contributed by atoms with E-state index >= 15 is 0 Å². The van der Waals surface area contributed by atoms with Crippen LogP contribution < -0.4 is 10.2 Å². The predicted octanol–water partition coefficient (Wildman–Crippen LogP) is 2.65. The predicted molar refractivity (Wildman–Crippen MR) is 73.5 cm³/mol. The summed E-state index contributed by atoms with van der Waals surface area (Å²) in [4.78, 5) is 3.97. The summed E-state index contributed by atoms with van der Waals surface area (Å²) in [6, 6.07) is 6.36. The van der Waals surface area contributed by atoms with Gasteiger partial charge in [0.05, 0.1) is 5.71 Å². The molecule has 4 nitrogen and oxygen atoms in total. The minimum atomic E-state index is -4.33. The normalized spacial score (nSPS) is 17.6. The average molecular weight is 303 g/mol. The molecule has 0 unspecified atom stereocenters. The van der Waals surface area contributed by atoms with Crippen molar-refractivity contribution in [3.05, 3.63) is 29.8 Å². The SMILES string of the molecule is CN=C1NN=C(c2ccc(OCC(F)(F)F)cc2)CS1. The van der Waals surface area contributed by atoms with E-state index in [2.05, 4.69) is 20.3 Å². The Balaban J connectivity index is 2.00. The van der Waals surface area contributed by atoms with E-state index in [0.29, 0.717) is 5.75 Å². The van der Waals surface area contributed by atoms with Crippen molar-refractivity contribution in [2.45, 2.75) is 6.18 Å². The third-order valence-electron chi connectivity index (χ3n) is 2.43. The fourth-order valence-corrected chi connectivity index (χ4v) is 2.23. The molecule has 8 heteroatoms. The highest BCUT2D eigenvalue weighted by atomic mass is 32.2. The van der Waals surface area contributed by atoms with Crippen molar-refractivity contribution in [2.24, 2.45) is 10.1 Å². The second-order valence-corrected chi connectivity index (χ2v) is 4.88. The summed E-state index contributed by atoms with van der Waals surface area (Å²) < 4.78 is 40.7. The highest BCUT2D eigenvalue weighted by molar-refractivity contribution is 8.14. The maximum Gasteiger partial charge on any atom is 0.422 e. The molecular formula is C12H12F3N3OS. The second-order valence-electron chi connectivity index (χ2n) is 3.92. The molecule has 1 aliphatic rings. The van der Waals surface area contributed by atoms with Gasteiger partial charge >= 0.3 is 6.18 Å². The lowest BCUT2D eigenvalue weighted by Crippen LogP contribution is -2.25. The first-order valence-corrected chi connectivity index (χ1v) is 6.68. The molecule has 108 valence electrons. The van der Waals surface area contributed by atoms with E-state index < -0.39 is 12.8 Å². The van der Waals surface area contributed by atoms with Gasteiger partial charge in [0.15, 0.2) is 11.8 Å². The van der Waals surface area contributed by atoms with Gasteiger partial charge in [-0.1, -0.05) is 11.8 Å². The number of hydrogen-bond acceptors (Lipinski definition) is 4. The number of thioether (sulfide) groups is 1. The van der Waals surface area contributed by atoms with Gasteiger partial charge in [-0.15, -0.1) is 0 Å². The van der Waals surface area contributed by atoms with Crippen LogP contribution >= 0.6 is 11.8 Å². The lowest BCUT2D eigenvalue weighted by atomic mass is 10.1. The van der Waals surface area contributed by atoms with Crippen molar-refractivity contribution in [2.75, 3.05) is 19.4 Å². The standard InChI is InChI=1S/C12H12F3N3OS/c1-16-11-18-17-10(6-20-11)8-2-4-9(5-3-8)19-7-12(13,14)15/h2-5H,6-7H2,1H3,(H,16,18). The van der Waals surface area contributed by atoms with E-state index in [9.17, 15) is 13.2 Å². The summed E-state index contributed by atoms with van der Waals surface area (Å²) in [5.74, 6) is 0.835. The number of ether oxygens (including phenoxy) is 1. The molecule has 0 spiro atoms. The van der Waals surface area contributed by atoms with Crippen LogP contribution in [0.3, 0.4) is 0 Å². The lowest BCUT2D eigenvalue weighted by molar-refractivity contribution is -0.153. The molecule has 0 radical (unpaired) electrons. The number of nitrogens with zero attached hydrogens (tertiary/aromatic N) is 2. The lowest BCUT2D eigenvalue weighted by Gasteiger charge is -2.14. The number of nitrogens with one attached hydrogen (secondary N) is 1. The van der Waals surface area contributed by atoms with Crippen LogP contribution in [0.4, 0.5) is 13.2 Å². The first-order valence-electron chi connectivity index (χ1n) is 5.70. The van der Waals surface area contributed by atoms with Gasteiger partial charge in [0, 0.05) is 12.8 Å². The zero-order chi connectivity index (χ0) is 14.6. The maximum atomic E-state index is 12.0. The van der Waals surface area contributed by atoms with E-state index in [0.717, 1.165) is 16.4 Å². The topological polar surface area (TPSA) is 46.0 Å². The van der Waals surface area contributed by atoms with Crippen LogP contribution in [0, 0.1) is 0 Å². The number of halogens is 3. The smallest absolute Gasteiger partial charge is 0.422 e. The van der Waals surface area contributed by atoms with Gasteiger partial charge in [-0.2, -0.15) is 18.3 Å². The highest BCUT2D eigenvalue weighted by Gasteiger charge is 2.28. The van der Waals surface area contributed by atoms with E-state index in [-0.39, 0.29) is 5.75 Å². The van der Waals surface area contributed by atoms with Crippen molar-refractivity contribution in [3.8, 4) is 5.75 Å². The number of hydrogen-bond donors (Lipinski definition) is 1. The van der Waals surface area contributed by atoms with Crippen molar-refractivity contribution < 1.29 is 17.9 Å². The van der Waals surface area contributed by atoms with Crippen LogP contribution in [0.2, 0.25) is 0 Å². The van der Waals surface area contributed by atoms with Crippen LogP contribution in [-0.2, 0) is 0 Å². The summed E-state index contributed by atoms with van der Waals surface area (Å²) in [6.45, 7) is -1.29. The molecule has 0 aromatic heterocycles. The summed E-state index contributed by atoms with van der Waals surface area (Å²) in [7, 11) is 1.67. The van der Waals surface area contributed by atoms with E-state index in [1.165, 1.54) is 23.9 Å². The molecule has 20 heavy (non-hydrogen) atoms. The Kier molecular flexibility index (Phi) is 4.53. The molecule has 0 bridgehead atoms. The molecule has 0 atom stereocenters. The molecular weight excluding hydrogens is 291 g/mol. The molecule has 1 aliphatic heterocycles. The van der Waals surface area contributed by atoms with Gasteiger partial charge in [-0.05, 0) is 29.8 Å². The van der Waals surface area contributed by atoms with Crippen molar-refractivity contribution in [3.63, 3.8) is 0 Å². The molecule has 2 rings (SSSR count). The molecule has 1 aromatic rings. The van der Waals surface area contributed by atoms with Crippen LogP contribution in [0.25, 0.3) is 0 Å². The number of amidine groups is 1. The Labute approximate surface area is 118 Å². The molecule has 1 aromatic carbocycles. The summed E-state index contributed by atoms with van der Waals surface area (Å²) in [5.41, 5.74) is 4.44. The Morgan fingerprint density at radius 2 is 2.05 bits per heavy atom.